The average Bonchev–Trinajstić information content (AvgIpc) is 2.95. The number of nitrogens with zero attached hydrogens (tertiary/aromatic N) is 1. The number of nitrogens with two attached hydrogens (primary N) is 1. The van der Waals surface area contributed by atoms with Crippen molar-refractivity contribution in [1.82, 2.24) is 4.98 Å². The fourth-order valence-corrected chi connectivity index (χ4v) is 4.93. The Bertz CT molecular complexity index is 735. The molecule has 3 rings (SSSR count). The van der Waals surface area contributed by atoms with Crippen molar-refractivity contribution in [3.8, 4) is 0 Å². The smallest absolute Gasteiger partial charge is 0.227 e. The average molecular weight is 398 g/mol. The Morgan fingerprint density at radius 3 is 2.80 bits per heavy atom. The number of halogens is 1. The second-order valence-corrected chi connectivity index (χ2v) is 8.63. The molecule has 0 aliphatic heterocycles. The van der Waals surface area contributed by atoms with Crippen molar-refractivity contribution in [2.45, 2.75) is 54.8 Å². The number of rotatable bonds is 4. The van der Waals surface area contributed by atoms with Crippen molar-refractivity contribution in [1.29, 1.82) is 0 Å². The van der Waals surface area contributed by atoms with Gasteiger partial charge in [-0.25, -0.2) is 4.98 Å². The molecule has 0 radical (unpaired) electrons. The molecule has 1 aromatic carbocycles. The van der Waals surface area contributed by atoms with Crippen molar-refractivity contribution in [2.75, 3.05) is 5.32 Å². The van der Waals surface area contributed by atoms with Crippen molar-refractivity contribution in [2.24, 2.45) is 11.7 Å². The number of anilines is 1. The van der Waals surface area contributed by atoms with E-state index in [1.165, 1.54) is 0 Å². The van der Waals surface area contributed by atoms with E-state index in [0.29, 0.717) is 0 Å². The standard InChI is InChI=1S/C18H23N3OS2.ClH/c1-11-8-15(24-18-20-12(2)10-23-18)6-7-16(11)21-17(22)13-4-3-5-14(19)9-13;/h6-8,10,13-14H,3-5,9,19H2,1-2H3,(H,21,22);1H. The van der Waals surface area contributed by atoms with Gasteiger partial charge in [-0.2, -0.15) is 0 Å². The molecule has 0 saturated heterocycles. The molecule has 1 fully saturated rings. The summed E-state index contributed by atoms with van der Waals surface area (Å²) < 4.78 is 1.04. The van der Waals surface area contributed by atoms with Gasteiger partial charge in [0.15, 0.2) is 4.34 Å². The Morgan fingerprint density at radius 2 is 2.16 bits per heavy atom. The lowest BCUT2D eigenvalue weighted by molar-refractivity contribution is -0.120. The van der Waals surface area contributed by atoms with Crippen LogP contribution in [0, 0.1) is 19.8 Å². The maximum absolute atomic E-state index is 12.5. The monoisotopic (exact) mass is 397 g/mol. The van der Waals surface area contributed by atoms with Crippen LogP contribution in [0.3, 0.4) is 0 Å². The van der Waals surface area contributed by atoms with E-state index >= 15 is 0 Å². The molecule has 1 heterocycles. The second kappa shape index (κ2) is 9.03. The first-order chi connectivity index (χ1) is 11.5. The molecule has 1 saturated carbocycles. The fourth-order valence-electron chi connectivity index (χ4n) is 3.02. The fraction of sp³-hybridized carbons (Fsp3) is 0.444. The Labute approximate surface area is 163 Å². The summed E-state index contributed by atoms with van der Waals surface area (Å²) in [7, 11) is 0. The van der Waals surface area contributed by atoms with Crippen LogP contribution in [-0.4, -0.2) is 16.9 Å². The van der Waals surface area contributed by atoms with E-state index in [2.05, 4.69) is 21.7 Å². The van der Waals surface area contributed by atoms with E-state index in [4.69, 9.17) is 5.73 Å². The lowest BCUT2D eigenvalue weighted by Gasteiger charge is -2.26. The molecule has 0 bridgehead atoms. The molecule has 136 valence electrons. The molecule has 2 atom stereocenters. The molecular formula is C18H24ClN3OS2. The van der Waals surface area contributed by atoms with Gasteiger partial charge in [-0.3, -0.25) is 4.79 Å². The number of aromatic nitrogens is 1. The predicted molar refractivity (Wildman–Crippen MR) is 108 cm³/mol. The minimum Gasteiger partial charge on any atom is -0.328 e. The summed E-state index contributed by atoms with van der Waals surface area (Å²) in [5.41, 5.74) is 9.00. The molecule has 2 aromatic rings. The zero-order valence-corrected chi connectivity index (χ0v) is 16.9. The van der Waals surface area contributed by atoms with Gasteiger partial charge in [0, 0.05) is 33.6 Å². The maximum atomic E-state index is 12.5. The molecule has 2 unspecified atom stereocenters. The minimum absolute atomic E-state index is 0. The van der Waals surface area contributed by atoms with Crippen LogP contribution in [0.4, 0.5) is 5.69 Å². The van der Waals surface area contributed by atoms with Gasteiger partial charge in [0.05, 0.1) is 0 Å². The highest BCUT2D eigenvalue weighted by molar-refractivity contribution is 8.01. The third-order valence-corrected chi connectivity index (χ3v) is 6.39. The van der Waals surface area contributed by atoms with Gasteiger partial charge in [0.2, 0.25) is 5.91 Å². The van der Waals surface area contributed by atoms with Crippen LogP contribution in [0.15, 0.2) is 32.8 Å². The first kappa shape index (κ1) is 20.2. The lowest BCUT2D eigenvalue weighted by atomic mass is 9.85. The van der Waals surface area contributed by atoms with E-state index in [1.54, 1.807) is 23.1 Å². The molecule has 0 spiro atoms. The number of hydrogen-bond donors (Lipinski definition) is 2. The Kier molecular flexibility index (Phi) is 7.31. The molecule has 1 aliphatic carbocycles. The Balaban J connectivity index is 0.00000225. The SMILES string of the molecule is Cc1csc(Sc2ccc(NC(=O)C3CCCC(N)C3)c(C)c2)n1.Cl. The van der Waals surface area contributed by atoms with Crippen LogP contribution in [-0.2, 0) is 4.79 Å². The van der Waals surface area contributed by atoms with Crippen molar-refractivity contribution >= 4 is 47.1 Å². The molecular weight excluding hydrogens is 374 g/mol. The summed E-state index contributed by atoms with van der Waals surface area (Å²) >= 11 is 3.31. The lowest BCUT2D eigenvalue weighted by Crippen LogP contribution is -2.34. The summed E-state index contributed by atoms with van der Waals surface area (Å²) in [4.78, 5) is 18.1. The zero-order valence-electron chi connectivity index (χ0n) is 14.5. The van der Waals surface area contributed by atoms with Gasteiger partial charge in [0.25, 0.3) is 0 Å². The van der Waals surface area contributed by atoms with Gasteiger partial charge in [0.1, 0.15) is 0 Å². The molecule has 4 nitrogen and oxygen atoms in total. The van der Waals surface area contributed by atoms with Crippen LogP contribution in [0.2, 0.25) is 0 Å². The largest absolute Gasteiger partial charge is 0.328 e. The van der Waals surface area contributed by atoms with E-state index in [1.807, 2.05) is 26.0 Å². The molecule has 1 amide bonds. The number of amides is 1. The summed E-state index contributed by atoms with van der Waals surface area (Å²) in [6.07, 6.45) is 3.81. The third-order valence-electron chi connectivity index (χ3n) is 4.34. The van der Waals surface area contributed by atoms with Gasteiger partial charge in [-0.15, -0.1) is 23.7 Å². The number of carbonyl (C=O) groups excluding carboxylic acids is 1. The summed E-state index contributed by atoms with van der Waals surface area (Å²) in [6, 6.07) is 6.29. The maximum Gasteiger partial charge on any atom is 0.227 e. The van der Waals surface area contributed by atoms with E-state index in [9.17, 15) is 4.79 Å². The van der Waals surface area contributed by atoms with Gasteiger partial charge >= 0.3 is 0 Å². The highest BCUT2D eigenvalue weighted by Gasteiger charge is 2.25. The van der Waals surface area contributed by atoms with E-state index < -0.39 is 0 Å². The van der Waals surface area contributed by atoms with Crippen LogP contribution in [0.1, 0.15) is 36.9 Å². The normalized spacial score (nSPS) is 20.0. The molecule has 3 N–H and O–H groups in total. The summed E-state index contributed by atoms with van der Waals surface area (Å²) in [5, 5.41) is 5.13. The Morgan fingerprint density at radius 1 is 1.36 bits per heavy atom. The van der Waals surface area contributed by atoms with Gasteiger partial charge in [-0.05, 0) is 56.9 Å². The van der Waals surface area contributed by atoms with E-state index in [0.717, 1.165) is 51.9 Å². The van der Waals surface area contributed by atoms with Gasteiger partial charge in [-0.1, -0.05) is 18.2 Å². The topological polar surface area (TPSA) is 68.0 Å². The third kappa shape index (κ3) is 5.45. The predicted octanol–water partition coefficient (Wildman–Crippen LogP) is 4.79. The Hall–Kier alpha value is -1.08. The van der Waals surface area contributed by atoms with Crippen LogP contribution in [0.25, 0.3) is 0 Å². The van der Waals surface area contributed by atoms with Crippen LogP contribution in [0.5, 0.6) is 0 Å². The number of aryl methyl sites for hydroxylation is 2. The van der Waals surface area contributed by atoms with Crippen molar-refractivity contribution < 1.29 is 4.79 Å². The molecule has 1 aliphatic rings. The number of nitrogens with one attached hydrogen (secondary N) is 1. The highest BCUT2D eigenvalue weighted by atomic mass is 35.5. The summed E-state index contributed by atoms with van der Waals surface area (Å²) in [6.45, 7) is 4.03. The van der Waals surface area contributed by atoms with Crippen molar-refractivity contribution in [3.05, 3.63) is 34.8 Å². The molecule has 7 heteroatoms. The minimum atomic E-state index is 0. The number of hydrogen-bond acceptors (Lipinski definition) is 5. The van der Waals surface area contributed by atoms with Gasteiger partial charge < -0.3 is 11.1 Å². The zero-order chi connectivity index (χ0) is 17.1. The quantitative estimate of drug-likeness (QED) is 0.778. The summed E-state index contributed by atoms with van der Waals surface area (Å²) in [5.74, 6) is 0.143. The first-order valence-corrected chi connectivity index (χ1v) is 9.98. The van der Waals surface area contributed by atoms with Crippen LogP contribution >= 0.6 is 35.5 Å². The highest BCUT2D eigenvalue weighted by Crippen LogP contribution is 2.33. The van der Waals surface area contributed by atoms with Crippen LogP contribution < -0.4 is 11.1 Å². The van der Waals surface area contributed by atoms with E-state index in [-0.39, 0.29) is 30.3 Å². The number of thiazole rings is 1. The second-order valence-electron chi connectivity index (χ2n) is 6.45. The number of carbonyl (C=O) groups is 1. The first-order valence-electron chi connectivity index (χ1n) is 8.28. The van der Waals surface area contributed by atoms with Crippen molar-refractivity contribution in [3.63, 3.8) is 0 Å². The number of benzene rings is 1. The molecule has 1 aromatic heterocycles. The molecule has 25 heavy (non-hydrogen) atoms.